The largest absolute Gasteiger partial charge is 0.354 e. The third kappa shape index (κ3) is 4.83. The number of pyridine rings is 1. The molecule has 0 saturated carbocycles. The van der Waals surface area contributed by atoms with E-state index in [2.05, 4.69) is 50.0 Å². The summed E-state index contributed by atoms with van der Waals surface area (Å²) < 4.78 is 0. The van der Waals surface area contributed by atoms with Gasteiger partial charge in [-0.3, -0.25) is 0 Å². The molecular weight excluding hydrogens is 234 g/mol. The van der Waals surface area contributed by atoms with Gasteiger partial charge >= 0.3 is 0 Å². The first-order chi connectivity index (χ1) is 9.12. The summed E-state index contributed by atoms with van der Waals surface area (Å²) >= 11 is 0. The molecule has 0 saturated heterocycles. The van der Waals surface area contributed by atoms with Crippen molar-refractivity contribution < 1.29 is 0 Å². The number of unbranched alkanes of at least 4 members (excludes halogenated alkanes) is 1. The first-order valence-electron chi connectivity index (χ1n) is 7.51. The van der Waals surface area contributed by atoms with E-state index in [1.54, 1.807) is 0 Å². The summed E-state index contributed by atoms with van der Waals surface area (Å²) in [7, 11) is 1.99. The van der Waals surface area contributed by atoms with Gasteiger partial charge in [-0.1, -0.05) is 20.3 Å². The second-order valence-electron chi connectivity index (χ2n) is 5.31. The van der Waals surface area contributed by atoms with Crippen LogP contribution in [0.1, 0.15) is 51.3 Å². The zero-order chi connectivity index (χ0) is 14.3. The van der Waals surface area contributed by atoms with Gasteiger partial charge in [-0.2, -0.15) is 0 Å². The zero-order valence-electron chi connectivity index (χ0n) is 13.2. The molecule has 1 atom stereocenters. The smallest absolute Gasteiger partial charge is 0.129 e. The number of aryl methyl sites for hydroxylation is 1. The SMILES string of the molecule is CCCCN(c1cc(CNC)cc(C)n1)C(C)CC. The molecule has 0 aliphatic carbocycles. The van der Waals surface area contributed by atoms with Crippen molar-refractivity contribution in [1.82, 2.24) is 10.3 Å². The van der Waals surface area contributed by atoms with Gasteiger partial charge in [0.2, 0.25) is 0 Å². The van der Waals surface area contributed by atoms with Crippen molar-refractivity contribution in [2.24, 2.45) is 0 Å². The van der Waals surface area contributed by atoms with Gasteiger partial charge in [-0.25, -0.2) is 4.98 Å². The maximum absolute atomic E-state index is 4.74. The van der Waals surface area contributed by atoms with Gasteiger partial charge in [-0.15, -0.1) is 0 Å². The summed E-state index contributed by atoms with van der Waals surface area (Å²) in [6.07, 6.45) is 3.60. The van der Waals surface area contributed by atoms with Crippen LogP contribution >= 0.6 is 0 Å². The van der Waals surface area contributed by atoms with Crippen LogP contribution in [0.4, 0.5) is 5.82 Å². The molecule has 3 heteroatoms. The molecule has 0 bridgehead atoms. The van der Waals surface area contributed by atoms with Crippen molar-refractivity contribution in [3.63, 3.8) is 0 Å². The van der Waals surface area contributed by atoms with Crippen molar-refractivity contribution in [2.45, 2.75) is 59.5 Å². The van der Waals surface area contributed by atoms with Gasteiger partial charge in [-0.05, 0) is 51.4 Å². The molecule has 0 amide bonds. The highest BCUT2D eigenvalue weighted by atomic mass is 15.2. The Hall–Kier alpha value is -1.09. The minimum atomic E-state index is 0.545. The molecule has 1 heterocycles. The van der Waals surface area contributed by atoms with E-state index >= 15 is 0 Å². The molecule has 1 N–H and O–H groups in total. The fourth-order valence-electron chi connectivity index (χ4n) is 2.28. The molecule has 3 nitrogen and oxygen atoms in total. The lowest BCUT2D eigenvalue weighted by atomic mass is 10.1. The Morgan fingerprint density at radius 2 is 2.05 bits per heavy atom. The summed E-state index contributed by atoms with van der Waals surface area (Å²) in [6.45, 7) is 10.9. The van der Waals surface area contributed by atoms with Crippen LogP contribution in [0.25, 0.3) is 0 Å². The van der Waals surface area contributed by atoms with Gasteiger partial charge < -0.3 is 10.2 Å². The average molecular weight is 263 g/mol. The highest BCUT2D eigenvalue weighted by Crippen LogP contribution is 2.19. The standard InChI is InChI=1S/C16H29N3/c1-6-8-9-19(14(4)7-2)16-11-15(12-17-5)10-13(3)18-16/h10-11,14,17H,6-9,12H2,1-5H3. The molecule has 1 aromatic rings. The van der Waals surface area contributed by atoms with Crippen molar-refractivity contribution in [3.8, 4) is 0 Å². The third-order valence-corrected chi connectivity index (χ3v) is 3.55. The molecule has 1 rings (SSSR count). The molecule has 0 fully saturated rings. The minimum absolute atomic E-state index is 0.545. The van der Waals surface area contributed by atoms with E-state index in [1.807, 2.05) is 7.05 Å². The number of aromatic nitrogens is 1. The first-order valence-corrected chi connectivity index (χ1v) is 7.51. The van der Waals surface area contributed by atoms with Crippen molar-refractivity contribution in [2.75, 3.05) is 18.5 Å². The minimum Gasteiger partial charge on any atom is -0.354 e. The monoisotopic (exact) mass is 263 g/mol. The summed E-state index contributed by atoms with van der Waals surface area (Å²) in [5, 5.41) is 3.22. The maximum Gasteiger partial charge on any atom is 0.129 e. The third-order valence-electron chi connectivity index (χ3n) is 3.55. The van der Waals surface area contributed by atoms with E-state index in [-0.39, 0.29) is 0 Å². The van der Waals surface area contributed by atoms with Crippen LogP contribution in [0.15, 0.2) is 12.1 Å². The van der Waals surface area contributed by atoms with Crippen LogP contribution in [-0.4, -0.2) is 24.6 Å². The van der Waals surface area contributed by atoms with E-state index in [4.69, 9.17) is 4.98 Å². The predicted octanol–water partition coefficient (Wildman–Crippen LogP) is 3.51. The Morgan fingerprint density at radius 1 is 1.32 bits per heavy atom. The number of hydrogen-bond donors (Lipinski definition) is 1. The first kappa shape index (κ1) is 16.0. The fraction of sp³-hybridized carbons (Fsp3) is 0.688. The van der Waals surface area contributed by atoms with Gasteiger partial charge in [0.1, 0.15) is 5.82 Å². The van der Waals surface area contributed by atoms with Gasteiger partial charge in [0.25, 0.3) is 0 Å². The predicted molar refractivity (Wildman–Crippen MR) is 83.7 cm³/mol. The Kier molecular flexibility index (Phi) is 6.85. The van der Waals surface area contributed by atoms with E-state index in [0.717, 1.165) is 31.0 Å². The van der Waals surface area contributed by atoms with Crippen molar-refractivity contribution >= 4 is 5.82 Å². The van der Waals surface area contributed by atoms with Crippen LogP contribution in [-0.2, 0) is 6.54 Å². The molecule has 0 radical (unpaired) electrons. The lowest BCUT2D eigenvalue weighted by molar-refractivity contribution is 0.588. The van der Waals surface area contributed by atoms with Crippen molar-refractivity contribution in [3.05, 3.63) is 23.4 Å². The lowest BCUT2D eigenvalue weighted by Crippen LogP contribution is -2.34. The average Bonchev–Trinajstić information content (AvgIpc) is 2.38. The number of hydrogen-bond acceptors (Lipinski definition) is 3. The Morgan fingerprint density at radius 3 is 2.63 bits per heavy atom. The number of nitrogens with zero attached hydrogens (tertiary/aromatic N) is 2. The van der Waals surface area contributed by atoms with Gasteiger partial charge in [0, 0.05) is 24.8 Å². The number of nitrogens with one attached hydrogen (secondary N) is 1. The Balaban J connectivity index is 2.99. The highest BCUT2D eigenvalue weighted by molar-refractivity contribution is 5.43. The molecule has 19 heavy (non-hydrogen) atoms. The molecule has 108 valence electrons. The Labute approximate surface area is 118 Å². The summed E-state index contributed by atoms with van der Waals surface area (Å²) in [5.74, 6) is 1.13. The summed E-state index contributed by atoms with van der Waals surface area (Å²) in [6, 6.07) is 4.93. The molecule has 0 aliphatic heterocycles. The topological polar surface area (TPSA) is 28.2 Å². The summed E-state index contributed by atoms with van der Waals surface area (Å²) in [4.78, 5) is 7.19. The Bertz CT molecular complexity index is 376. The molecular formula is C16H29N3. The number of rotatable bonds is 8. The summed E-state index contributed by atoms with van der Waals surface area (Å²) in [5.41, 5.74) is 2.42. The number of anilines is 1. The maximum atomic E-state index is 4.74. The van der Waals surface area contributed by atoms with E-state index in [1.165, 1.54) is 18.4 Å². The molecule has 1 unspecified atom stereocenters. The second-order valence-corrected chi connectivity index (χ2v) is 5.31. The quantitative estimate of drug-likeness (QED) is 0.778. The molecule has 0 aromatic carbocycles. The fourth-order valence-corrected chi connectivity index (χ4v) is 2.28. The highest BCUT2D eigenvalue weighted by Gasteiger charge is 2.14. The molecule has 0 aliphatic rings. The van der Waals surface area contributed by atoms with Crippen LogP contribution in [0.2, 0.25) is 0 Å². The van der Waals surface area contributed by atoms with Crippen LogP contribution < -0.4 is 10.2 Å². The van der Waals surface area contributed by atoms with Crippen LogP contribution in [0, 0.1) is 6.92 Å². The lowest BCUT2D eigenvalue weighted by Gasteiger charge is -2.30. The van der Waals surface area contributed by atoms with Gasteiger partial charge in [0.05, 0.1) is 0 Å². The molecule has 1 aromatic heterocycles. The normalized spacial score (nSPS) is 12.5. The van der Waals surface area contributed by atoms with Crippen LogP contribution in [0.3, 0.4) is 0 Å². The van der Waals surface area contributed by atoms with E-state index < -0.39 is 0 Å². The van der Waals surface area contributed by atoms with E-state index in [0.29, 0.717) is 6.04 Å². The van der Waals surface area contributed by atoms with Crippen LogP contribution in [0.5, 0.6) is 0 Å². The molecule has 0 spiro atoms. The second kappa shape index (κ2) is 8.16. The van der Waals surface area contributed by atoms with Gasteiger partial charge in [0.15, 0.2) is 0 Å². The van der Waals surface area contributed by atoms with Crippen molar-refractivity contribution in [1.29, 1.82) is 0 Å². The zero-order valence-corrected chi connectivity index (χ0v) is 13.2. The van der Waals surface area contributed by atoms with E-state index in [9.17, 15) is 0 Å².